The van der Waals surface area contributed by atoms with Crippen LogP contribution in [0.15, 0.2) is 17.4 Å². The van der Waals surface area contributed by atoms with Gasteiger partial charge in [0.05, 0.1) is 13.2 Å². The maximum absolute atomic E-state index is 5.13. The van der Waals surface area contributed by atoms with E-state index >= 15 is 0 Å². The van der Waals surface area contributed by atoms with Crippen molar-refractivity contribution in [2.45, 2.75) is 13.3 Å². The third kappa shape index (κ3) is 1.53. The van der Waals surface area contributed by atoms with E-state index in [0.29, 0.717) is 0 Å². The molecule has 0 saturated heterocycles. The van der Waals surface area contributed by atoms with Gasteiger partial charge in [0.15, 0.2) is 0 Å². The van der Waals surface area contributed by atoms with Crippen LogP contribution in [-0.4, -0.2) is 13.2 Å². The van der Waals surface area contributed by atoms with E-state index in [4.69, 9.17) is 4.74 Å². The minimum Gasteiger partial charge on any atom is -0.376 e. The highest BCUT2D eigenvalue weighted by Crippen LogP contribution is 2.00. The Morgan fingerprint density at radius 2 is 2.62 bits per heavy atom. The molecule has 44 valence electrons. The Kier molecular flexibility index (Phi) is 1.90. The van der Waals surface area contributed by atoms with E-state index in [9.17, 15) is 0 Å². The molecule has 1 heteroatoms. The summed E-state index contributed by atoms with van der Waals surface area (Å²) in [5, 5.41) is 0. The van der Waals surface area contributed by atoms with Gasteiger partial charge in [-0.05, 0) is 25.0 Å². The first-order valence-corrected chi connectivity index (χ1v) is 2.88. The maximum atomic E-state index is 5.13. The fraction of sp³-hybridized carbons (Fsp3) is 0.571. The molecule has 8 heavy (non-hydrogen) atoms. The molecule has 0 bridgehead atoms. The zero-order valence-corrected chi connectivity index (χ0v) is 5.11. The van der Waals surface area contributed by atoms with E-state index < -0.39 is 0 Å². The van der Waals surface area contributed by atoms with Crippen molar-refractivity contribution >= 4 is 0 Å². The van der Waals surface area contributed by atoms with Gasteiger partial charge >= 0.3 is 0 Å². The fourth-order valence-electron chi connectivity index (χ4n) is 0.656. The Balaban J connectivity index is 2.56. The molecule has 0 atom stereocenters. The summed E-state index contributed by atoms with van der Waals surface area (Å²) in [4.78, 5) is 0. The summed E-state index contributed by atoms with van der Waals surface area (Å²) in [6.45, 7) is 3.66. The molecule has 0 radical (unpaired) electrons. The second kappa shape index (κ2) is 2.71. The summed E-state index contributed by atoms with van der Waals surface area (Å²) in [5.41, 5.74) is 4.41. The van der Waals surface area contributed by atoms with Gasteiger partial charge in [-0.25, -0.2) is 0 Å². The van der Waals surface area contributed by atoms with Crippen LogP contribution in [0.5, 0.6) is 0 Å². The first-order valence-electron chi connectivity index (χ1n) is 2.88. The van der Waals surface area contributed by atoms with Crippen molar-refractivity contribution < 1.29 is 4.74 Å². The van der Waals surface area contributed by atoms with Gasteiger partial charge in [0.25, 0.3) is 0 Å². The van der Waals surface area contributed by atoms with E-state index in [1.807, 2.05) is 6.08 Å². The van der Waals surface area contributed by atoms with Gasteiger partial charge in [0, 0.05) is 0 Å². The van der Waals surface area contributed by atoms with E-state index in [0.717, 1.165) is 19.6 Å². The smallest absolute Gasteiger partial charge is 0.0721 e. The molecule has 0 spiro atoms. The van der Waals surface area contributed by atoms with Gasteiger partial charge < -0.3 is 4.74 Å². The summed E-state index contributed by atoms with van der Waals surface area (Å²) < 4.78 is 5.13. The highest BCUT2D eigenvalue weighted by atomic mass is 16.5. The third-order valence-electron chi connectivity index (χ3n) is 1.17. The van der Waals surface area contributed by atoms with Crippen LogP contribution >= 0.6 is 0 Å². The van der Waals surface area contributed by atoms with Gasteiger partial charge in [-0.2, -0.15) is 0 Å². The van der Waals surface area contributed by atoms with E-state index in [2.05, 4.69) is 12.7 Å². The van der Waals surface area contributed by atoms with Crippen molar-refractivity contribution in [1.29, 1.82) is 0 Å². The quantitative estimate of drug-likeness (QED) is 0.429. The molecule has 1 aliphatic heterocycles. The molecule has 0 aromatic carbocycles. The van der Waals surface area contributed by atoms with Crippen LogP contribution in [0.1, 0.15) is 13.3 Å². The van der Waals surface area contributed by atoms with Gasteiger partial charge in [-0.1, -0.05) is 0 Å². The lowest BCUT2D eigenvalue weighted by molar-refractivity contribution is 0.168. The Morgan fingerprint density at radius 3 is 3.50 bits per heavy atom. The molecule has 0 amide bonds. The Labute approximate surface area is 49.7 Å². The van der Waals surface area contributed by atoms with Gasteiger partial charge in [0.1, 0.15) is 0 Å². The number of ether oxygens (including phenoxy) is 1. The molecule has 0 aliphatic carbocycles. The van der Waals surface area contributed by atoms with Crippen molar-refractivity contribution in [3.8, 4) is 0 Å². The summed E-state index contributed by atoms with van der Waals surface area (Å²) >= 11 is 0. The van der Waals surface area contributed by atoms with Crippen molar-refractivity contribution in [2.24, 2.45) is 0 Å². The van der Waals surface area contributed by atoms with Crippen LogP contribution in [0.4, 0.5) is 0 Å². The lowest BCUT2D eigenvalue weighted by Gasteiger charge is -1.93. The van der Waals surface area contributed by atoms with Gasteiger partial charge in [-0.3, -0.25) is 0 Å². The molecule has 1 rings (SSSR count). The normalized spacial score (nSPS) is 19.9. The van der Waals surface area contributed by atoms with Crippen LogP contribution in [0, 0.1) is 0 Å². The first kappa shape index (κ1) is 5.61. The summed E-state index contributed by atoms with van der Waals surface area (Å²) in [5.74, 6) is 0. The molecule has 0 saturated carbocycles. The highest BCUT2D eigenvalue weighted by Gasteiger charge is 1.91. The standard InChI is InChI=1S/C7H10O/c1-7-3-2-5-8-6-4-7/h2H,4-6H2,1H3. The molecule has 0 aromatic heterocycles. The predicted molar refractivity (Wildman–Crippen MR) is 32.7 cm³/mol. The Hall–Kier alpha value is -0.520. The highest BCUT2D eigenvalue weighted by molar-refractivity contribution is 4.99. The van der Waals surface area contributed by atoms with Crippen LogP contribution < -0.4 is 0 Å². The Morgan fingerprint density at radius 1 is 1.75 bits per heavy atom. The Bertz CT molecular complexity index is 129. The van der Waals surface area contributed by atoms with E-state index in [-0.39, 0.29) is 0 Å². The van der Waals surface area contributed by atoms with Crippen molar-refractivity contribution in [1.82, 2.24) is 0 Å². The number of rotatable bonds is 0. The average molecular weight is 110 g/mol. The molecule has 0 unspecified atom stereocenters. The third-order valence-corrected chi connectivity index (χ3v) is 1.17. The molecule has 1 heterocycles. The fourth-order valence-corrected chi connectivity index (χ4v) is 0.656. The topological polar surface area (TPSA) is 9.23 Å². The van der Waals surface area contributed by atoms with Crippen molar-refractivity contribution in [2.75, 3.05) is 13.2 Å². The summed E-state index contributed by atoms with van der Waals surface area (Å²) in [6.07, 6.45) is 2.97. The largest absolute Gasteiger partial charge is 0.376 e. The van der Waals surface area contributed by atoms with Crippen LogP contribution in [0.2, 0.25) is 0 Å². The van der Waals surface area contributed by atoms with Crippen molar-refractivity contribution in [3.63, 3.8) is 0 Å². The number of hydrogen-bond donors (Lipinski definition) is 0. The molecule has 0 N–H and O–H groups in total. The molecular formula is C7H10O. The van der Waals surface area contributed by atoms with E-state index in [1.54, 1.807) is 0 Å². The van der Waals surface area contributed by atoms with Crippen LogP contribution in [-0.2, 0) is 4.74 Å². The van der Waals surface area contributed by atoms with Crippen LogP contribution in [0.25, 0.3) is 0 Å². The summed E-state index contributed by atoms with van der Waals surface area (Å²) in [6, 6.07) is 0. The molecule has 1 aliphatic rings. The minimum atomic E-state index is 0.733. The maximum Gasteiger partial charge on any atom is 0.0721 e. The number of hydrogen-bond acceptors (Lipinski definition) is 1. The summed E-state index contributed by atoms with van der Waals surface area (Å²) in [7, 11) is 0. The zero-order valence-electron chi connectivity index (χ0n) is 5.11. The van der Waals surface area contributed by atoms with Crippen molar-refractivity contribution in [3.05, 3.63) is 17.4 Å². The molecular weight excluding hydrogens is 100 g/mol. The second-order valence-corrected chi connectivity index (χ2v) is 1.95. The molecule has 1 nitrogen and oxygen atoms in total. The molecule has 0 fully saturated rings. The van der Waals surface area contributed by atoms with E-state index in [1.165, 1.54) is 5.57 Å². The lowest BCUT2D eigenvalue weighted by atomic mass is 10.2. The second-order valence-electron chi connectivity index (χ2n) is 1.95. The zero-order chi connectivity index (χ0) is 5.82. The van der Waals surface area contributed by atoms with Crippen LogP contribution in [0.3, 0.4) is 0 Å². The van der Waals surface area contributed by atoms with Gasteiger partial charge in [0.2, 0.25) is 0 Å². The average Bonchev–Trinajstić information content (AvgIpc) is 1.94. The van der Waals surface area contributed by atoms with Gasteiger partial charge in [-0.15, -0.1) is 5.73 Å². The first-order chi connectivity index (χ1) is 3.89. The molecule has 0 aromatic rings. The SMILES string of the molecule is CC1=C=CCOCC1. The minimum absolute atomic E-state index is 0.733. The predicted octanol–water partition coefficient (Wildman–Crippen LogP) is 1.51. The lowest BCUT2D eigenvalue weighted by Crippen LogP contribution is -1.90. The monoisotopic (exact) mass is 110 g/mol.